The fourth-order valence-electron chi connectivity index (χ4n) is 1.61. The Morgan fingerprint density at radius 3 is 2.11 bits per heavy atom. The molecular weight excluding hydrogens is 227 g/mol. The third-order valence-electron chi connectivity index (χ3n) is 2.31. The number of piperazine rings is 1. The van der Waals surface area contributed by atoms with Gasteiger partial charge in [-0.2, -0.15) is 0 Å². The van der Waals surface area contributed by atoms with E-state index in [1.807, 2.05) is 26.0 Å². The summed E-state index contributed by atoms with van der Waals surface area (Å²) in [4.78, 5) is 2.08. The first-order valence-electron chi connectivity index (χ1n) is 6.99. The lowest BCUT2D eigenvalue weighted by atomic mass is 10.2. The topological polar surface area (TPSA) is 15.3 Å². The van der Waals surface area contributed by atoms with E-state index in [0.29, 0.717) is 0 Å². The average Bonchev–Trinajstić information content (AvgIpc) is 2.43. The van der Waals surface area contributed by atoms with E-state index in [0.717, 1.165) is 31.9 Å². The van der Waals surface area contributed by atoms with Gasteiger partial charge < -0.3 is 10.2 Å². The molecule has 1 saturated heterocycles. The molecule has 0 aromatic heterocycles. The van der Waals surface area contributed by atoms with E-state index in [9.17, 15) is 4.39 Å². The van der Waals surface area contributed by atoms with Gasteiger partial charge >= 0.3 is 0 Å². The van der Waals surface area contributed by atoms with Gasteiger partial charge in [0, 0.05) is 26.2 Å². The van der Waals surface area contributed by atoms with Crippen LogP contribution in [0, 0.1) is 5.82 Å². The molecule has 0 bridgehead atoms. The van der Waals surface area contributed by atoms with Gasteiger partial charge in [0.1, 0.15) is 5.82 Å². The third-order valence-corrected chi connectivity index (χ3v) is 2.31. The van der Waals surface area contributed by atoms with Crippen LogP contribution in [0.1, 0.15) is 34.1 Å². The van der Waals surface area contributed by atoms with Crippen LogP contribution in [-0.2, 0) is 0 Å². The normalized spacial score (nSPS) is 13.9. The predicted octanol–water partition coefficient (Wildman–Crippen LogP) is 3.68. The minimum atomic E-state index is -0.121. The number of para-hydroxylation sites is 1. The zero-order valence-corrected chi connectivity index (χ0v) is 12.2. The second-order valence-electron chi connectivity index (χ2n) is 3.90. The summed E-state index contributed by atoms with van der Waals surface area (Å²) < 4.78 is 13.3. The molecule has 0 aliphatic carbocycles. The Hall–Kier alpha value is -1.09. The molecule has 1 aromatic rings. The smallest absolute Gasteiger partial charge is 0.146 e. The van der Waals surface area contributed by atoms with E-state index >= 15 is 0 Å². The lowest BCUT2D eigenvalue weighted by Gasteiger charge is -2.29. The van der Waals surface area contributed by atoms with Gasteiger partial charge in [0.25, 0.3) is 0 Å². The maximum absolute atomic E-state index is 13.3. The SMILES string of the molecule is CC.CCC.Fc1ccccc1N1CCNCC1. The van der Waals surface area contributed by atoms with Gasteiger partial charge in [0.2, 0.25) is 0 Å². The van der Waals surface area contributed by atoms with E-state index in [-0.39, 0.29) is 5.82 Å². The maximum atomic E-state index is 13.3. The second-order valence-corrected chi connectivity index (χ2v) is 3.90. The van der Waals surface area contributed by atoms with Crippen LogP contribution >= 0.6 is 0 Å². The van der Waals surface area contributed by atoms with Crippen molar-refractivity contribution in [3.8, 4) is 0 Å². The fraction of sp³-hybridized carbons (Fsp3) is 0.600. The van der Waals surface area contributed by atoms with Crippen LogP contribution in [0.4, 0.5) is 10.1 Å². The Bertz CT molecular complexity index is 296. The summed E-state index contributed by atoms with van der Waals surface area (Å²) in [5.41, 5.74) is 0.726. The van der Waals surface area contributed by atoms with E-state index in [1.54, 1.807) is 6.07 Å². The lowest BCUT2D eigenvalue weighted by Crippen LogP contribution is -2.43. The molecule has 18 heavy (non-hydrogen) atoms. The molecule has 0 spiro atoms. The van der Waals surface area contributed by atoms with Crippen LogP contribution in [0.3, 0.4) is 0 Å². The number of benzene rings is 1. The Labute approximate surface area is 111 Å². The van der Waals surface area contributed by atoms with E-state index in [1.165, 1.54) is 12.5 Å². The predicted molar refractivity (Wildman–Crippen MR) is 78.8 cm³/mol. The second kappa shape index (κ2) is 11.0. The highest BCUT2D eigenvalue weighted by molar-refractivity contribution is 5.47. The van der Waals surface area contributed by atoms with Crippen molar-refractivity contribution >= 4 is 5.69 Å². The number of hydrogen-bond acceptors (Lipinski definition) is 2. The highest BCUT2D eigenvalue weighted by atomic mass is 19.1. The molecular formula is C15H27FN2. The number of nitrogens with zero attached hydrogens (tertiary/aromatic N) is 1. The first-order valence-corrected chi connectivity index (χ1v) is 6.99. The molecule has 2 rings (SSSR count). The molecule has 1 aliphatic rings. The van der Waals surface area contributed by atoms with Gasteiger partial charge in [0.05, 0.1) is 5.69 Å². The van der Waals surface area contributed by atoms with Crippen molar-refractivity contribution in [1.82, 2.24) is 5.32 Å². The van der Waals surface area contributed by atoms with Crippen molar-refractivity contribution < 1.29 is 4.39 Å². The maximum Gasteiger partial charge on any atom is 0.146 e. The number of anilines is 1. The molecule has 0 unspecified atom stereocenters. The monoisotopic (exact) mass is 254 g/mol. The highest BCUT2D eigenvalue weighted by Gasteiger charge is 2.12. The number of rotatable bonds is 1. The molecule has 1 aromatic carbocycles. The van der Waals surface area contributed by atoms with Crippen LogP contribution in [0.2, 0.25) is 0 Å². The Balaban J connectivity index is 0.000000509. The summed E-state index contributed by atoms with van der Waals surface area (Å²) in [5, 5.41) is 3.24. The van der Waals surface area contributed by atoms with Gasteiger partial charge in [-0.05, 0) is 12.1 Å². The van der Waals surface area contributed by atoms with Crippen LogP contribution < -0.4 is 10.2 Å². The molecule has 0 amide bonds. The zero-order valence-electron chi connectivity index (χ0n) is 12.2. The van der Waals surface area contributed by atoms with Gasteiger partial charge in [-0.3, -0.25) is 0 Å². The quantitative estimate of drug-likeness (QED) is 0.822. The largest absolute Gasteiger partial charge is 0.367 e. The van der Waals surface area contributed by atoms with Crippen LogP contribution in [0.5, 0.6) is 0 Å². The summed E-state index contributed by atoms with van der Waals surface area (Å²) in [6.45, 7) is 11.9. The molecule has 0 radical (unpaired) electrons. The van der Waals surface area contributed by atoms with E-state index in [2.05, 4.69) is 24.1 Å². The number of hydrogen-bond donors (Lipinski definition) is 1. The standard InChI is InChI=1S/C10H13FN2.C3H8.C2H6/c11-9-3-1-2-4-10(9)13-7-5-12-6-8-13;1-3-2;1-2/h1-4,12H,5-8H2;3H2,1-2H3;1-2H3. The molecule has 2 nitrogen and oxygen atoms in total. The van der Waals surface area contributed by atoms with Crippen LogP contribution in [0.25, 0.3) is 0 Å². The average molecular weight is 254 g/mol. The van der Waals surface area contributed by atoms with Crippen molar-refractivity contribution in [3.05, 3.63) is 30.1 Å². The molecule has 0 atom stereocenters. The Morgan fingerprint density at radius 2 is 1.61 bits per heavy atom. The zero-order chi connectivity index (χ0) is 13.8. The van der Waals surface area contributed by atoms with Gasteiger partial charge in [0.15, 0.2) is 0 Å². The van der Waals surface area contributed by atoms with Crippen molar-refractivity contribution in [1.29, 1.82) is 0 Å². The van der Waals surface area contributed by atoms with Crippen molar-refractivity contribution in [3.63, 3.8) is 0 Å². The summed E-state index contributed by atoms with van der Waals surface area (Å²) in [6.07, 6.45) is 1.25. The molecule has 104 valence electrons. The molecule has 1 fully saturated rings. The summed E-state index contributed by atoms with van der Waals surface area (Å²) in [6, 6.07) is 6.94. The molecule has 1 aliphatic heterocycles. The first kappa shape index (κ1) is 16.9. The third kappa shape index (κ3) is 6.01. The molecule has 0 saturated carbocycles. The Morgan fingerprint density at radius 1 is 1.11 bits per heavy atom. The van der Waals surface area contributed by atoms with Gasteiger partial charge in [-0.1, -0.05) is 46.2 Å². The van der Waals surface area contributed by atoms with Crippen LogP contribution in [-0.4, -0.2) is 26.2 Å². The lowest BCUT2D eigenvalue weighted by molar-refractivity contribution is 0.566. The fourth-order valence-corrected chi connectivity index (χ4v) is 1.61. The Kier molecular flexibility index (Phi) is 10.4. The first-order chi connectivity index (χ1) is 8.79. The van der Waals surface area contributed by atoms with Crippen LogP contribution in [0.15, 0.2) is 24.3 Å². The molecule has 3 heteroatoms. The number of halogens is 1. The van der Waals surface area contributed by atoms with E-state index in [4.69, 9.17) is 0 Å². The summed E-state index contributed by atoms with van der Waals surface area (Å²) in [7, 11) is 0. The minimum absolute atomic E-state index is 0.121. The van der Waals surface area contributed by atoms with E-state index < -0.39 is 0 Å². The minimum Gasteiger partial charge on any atom is -0.367 e. The van der Waals surface area contributed by atoms with Crippen molar-refractivity contribution in [2.24, 2.45) is 0 Å². The van der Waals surface area contributed by atoms with Gasteiger partial charge in [-0.25, -0.2) is 4.39 Å². The van der Waals surface area contributed by atoms with Gasteiger partial charge in [-0.15, -0.1) is 0 Å². The van der Waals surface area contributed by atoms with Crippen molar-refractivity contribution in [2.75, 3.05) is 31.1 Å². The number of nitrogens with one attached hydrogen (secondary N) is 1. The summed E-state index contributed by atoms with van der Waals surface area (Å²) in [5.74, 6) is -0.121. The highest BCUT2D eigenvalue weighted by Crippen LogP contribution is 2.18. The molecule has 1 N–H and O–H groups in total. The summed E-state index contributed by atoms with van der Waals surface area (Å²) >= 11 is 0. The molecule has 1 heterocycles. The van der Waals surface area contributed by atoms with Crippen molar-refractivity contribution in [2.45, 2.75) is 34.1 Å².